The van der Waals surface area contributed by atoms with E-state index in [1.165, 1.54) is 0 Å². The van der Waals surface area contributed by atoms with Crippen LogP contribution in [0.25, 0.3) is 0 Å². The lowest BCUT2D eigenvalue weighted by Gasteiger charge is -2.32. The van der Waals surface area contributed by atoms with Crippen LogP contribution in [0, 0.1) is 11.7 Å². The van der Waals surface area contributed by atoms with Gasteiger partial charge in [-0.1, -0.05) is 19.9 Å². The number of benzene rings is 1. The predicted molar refractivity (Wildman–Crippen MR) is 80.4 cm³/mol. The third-order valence-corrected chi connectivity index (χ3v) is 3.70. The SMILES string of the molecule is CC(C)CNCc1ccc(F)c(N2CCC(O)CC2)c1. The van der Waals surface area contributed by atoms with Gasteiger partial charge in [-0.3, -0.25) is 0 Å². The molecule has 1 fully saturated rings. The molecule has 1 aliphatic heterocycles. The van der Waals surface area contributed by atoms with Crippen molar-refractivity contribution in [1.29, 1.82) is 0 Å². The molecule has 2 rings (SSSR count). The molecule has 1 aliphatic rings. The number of halogens is 1. The van der Waals surface area contributed by atoms with Crippen molar-refractivity contribution in [2.24, 2.45) is 5.92 Å². The molecule has 1 saturated heterocycles. The second kappa shape index (κ2) is 7.04. The number of piperidine rings is 1. The molecule has 0 aliphatic carbocycles. The number of aliphatic hydroxyl groups excluding tert-OH is 1. The Kier molecular flexibility index (Phi) is 5.38. The second-order valence-electron chi connectivity index (χ2n) is 6.03. The Labute approximate surface area is 120 Å². The molecule has 0 spiro atoms. The molecule has 0 saturated carbocycles. The van der Waals surface area contributed by atoms with E-state index < -0.39 is 0 Å². The summed E-state index contributed by atoms with van der Waals surface area (Å²) in [6.07, 6.45) is 1.20. The first-order valence-electron chi connectivity index (χ1n) is 7.48. The number of hydrogen-bond donors (Lipinski definition) is 2. The van der Waals surface area contributed by atoms with Crippen molar-refractivity contribution >= 4 is 5.69 Å². The summed E-state index contributed by atoms with van der Waals surface area (Å²) >= 11 is 0. The van der Waals surface area contributed by atoms with Crippen molar-refractivity contribution in [3.05, 3.63) is 29.6 Å². The van der Waals surface area contributed by atoms with Crippen LogP contribution in [0.4, 0.5) is 10.1 Å². The van der Waals surface area contributed by atoms with Crippen molar-refractivity contribution in [3.8, 4) is 0 Å². The maximum atomic E-state index is 14.0. The Morgan fingerprint density at radius 2 is 2.05 bits per heavy atom. The molecule has 4 heteroatoms. The van der Waals surface area contributed by atoms with Gasteiger partial charge in [0.2, 0.25) is 0 Å². The number of aliphatic hydroxyl groups is 1. The summed E-state index contributed by atoms with van der Waals surface area (Å²) in [5.74, 6) is 0.438. The average molecular weight is 280 g/mol. The topological polar surface area (TPSA) is 35.5 Å². The lowest BCUT2D eigenvalue weighted by atomic mass is 10.1. The molecular weight excluding hydrogens is 255 g/mol. The average Bonchev–Trinajstić information content (AvgIpc) is 2.41. The molecule has 1 heterocycles. The van der Waals surface area contributed by atoms with Crippen LogP contribution >= 0.6 is 0 Å². The summed E-state index contributed by atoms with van der Waals surface area (Å²) in [6, 6.07) is 5.32. The van der Waals surface area contributed by atoms with Crippen molar-refractivity contribution in [2.75, 3.05) is 24.5 Å². The summed E-state index contributed by atoms with van der Waals surface area (Å²) in [5, 5.41) is 12.9. The zero-order valence-corrected chi connectivity index (χ0v) is 12.4. The molecule has 20 heavy (non-hydrogen) atoms. The highest BCUT2D eigenvalue weighted by molar-refractivity contribution is 5.50. The number of anilines is 1. The molecule has 0 radical (unpaired) electrons. The van der Waals surface area contributed by atoms with E-state index in [-0.39, 0.29) is 11.9 Å². The number of nitrogens with one attached hydrogen (secondary N) is 1. The maximum absolute atomic E-state index is 14.0. The minimum absolute atomic E-state index is 0.172. The first kappa shape index (κ1) is 15.3. The van der Waals surface area contributed by atoms with Gasteiger partial charge < -0.3 is 15.3 Å². The minimum atomic E-state index is -0.231. The van der Waals surface area contributed by atoms with Crippen LogP contribution in [0.1, 0.15) is 32.3 Å². The van der Waals surface area contributed by atoms with Crippen LogP contribution in [0.5, 0.6) is 0 Å². The van der Waals surface area contributed by atoms with E-state index in [1.807, 2.05) is 17.0 Å². The van der Waals surface area contributed by atoms with Gasteiger partial charge in [-0.2, -0.15) is 0 Å². The van der Waals surface area contributed by atoms with Crippen LogP contribution in [-0.4, -0.2) is 30.8 Å². The smallest absolute Gasteiger partial charge is 0.146 e. The normalized spacial score (nSPS) is 16.9. The Morgan fingerprint density at radius 1 is 1.35 bits per heavy atom. The highest BCUT2D eigenvalue weighted by Crippen LogP contribution is 2.24. The van der Waals surface area contributed by atoms with Crippen LogP contribution < -0.4 is 10.2 Å². The summed E-state index contributed by atoms with van der Waals surface area (Å²) in [5.41, 5.74) is 1.77. The Hall–Kier alpha value is -1.13. The zero-order chi connectivity index (χ0) is 14.5. The molecule has 0 aromatic heterocycles. The fourth-order valence-electron chi connectivity index (χ4n) is 2.52. The lowest BCUT2D eigenvalue weighted by Crippen LogP contribution is -2.36. The molecule has 0 atom stereocenters. The van der Waals surface area contributed by atoms with E-state index in [2.05, 4.69) is 19.2 Å². The lowest BCUT2D eigenvalue weighted by molar-refractivity contribution is 0.145. The second-order valence-corrected chi connectivity index (χ2v) is 6.03. The molecule has 112 valence electrons. The van der Waals surface area contributed by atoms with E-state index in [1.54, 1.807) is 6.07 Å². The molecule has 2 N–H and O–H groups in total. The quantitative estimate of drug-likeness (QED) is 0.870. The molecule has 0 unspecified atom stereocenters. The molecule has 0 amide bonds. The van der Waals surface area contributed by atoms with Crippen molar-refractivity contribution in [3.63, 3.8) is 0 Å². The first-order chi connectivity index (χ1) is 9.56. The third kappa shape index (κ3) is 4.18. The molecule has 1 aromatic carbocycles. The van der Waals surface area contributed by atoms with Gasteiger partial charge in [-0.15, -0.1) is 0 Å². The summed E-state index contributed by atoms with van der Waals surface area (Å²) < 4.78 is 14.0. The summed E-state index contributed by atoms with van der Waals surface area (Å²) in [6.45, 7) is 7.51. The van der Waals surface area contributed by atoms with Crippen molar-refractivity contribution in [2.45, 2.75) is 39.3 Å². The van der Waals surface area contributed by atoms with Gasteiger partial charge in [0.05, 0.1) is 11.8 Å². The number of hydrogen-bond acceptors (Lipinski definition) is 3. The first-order valence-corrected chi connectivity index (χ1v) is 7.48. The van der Waals surface area contributed by atoms with E-state index in [4.69, 9.17) is 0 Å². The largest absolute Gasteiger partial charge is 0.393 e. The van der Waals surface area contributed by atoms with Crippen molar-refractivity contribution in [1.82, 2.24) is 5.32 Å². The Bertz CT molecular complexity index is 428. The highest BCUT2D eigenvalue weighted by Gasteiger charge is 2.19. The van der Waals surface area contributed by atoms with E-state index >= 15 is 0 Å². The maximum Gasteiger partial charge on any atom is 0.146 e. The monoisotopic (exact) mass is 280 g/mol. The van der Waals surface area contributed by atoms with Crippen LogP contribution in [0.15, 0.2) is 18.2 Å². The van der Waals surface area contributed by atoms with Gasteiger partial charge in [-0.05, 0) is 43.0 Å². The van der Waals surface area contributed by atoms with Crippen molar-refractivity contribution < 1.29 is 9.50 Å². The number of rotatable bonds is 5. The van der Waals surface area contributed by atoms with E-state index in [0.29, 0.717) is 11.6 Å². The zero-order valence-electron chi connectivity index (χ0n) is 12.4. The predicted octanol–water partition coefficient (Wildman–Crippen LogP) is 2.53. The van der Waals surface area contributed by atoms with Gasteiger partial charge in [0.15, 0.2) is 0 Å². The molecule has 1 aromatic rings. The van der Waals surface area contributed by atoms with Crippen LogP contribution in [0.3, 0.4) is 0 Å². The van der Waals surface area contributed by atoms with Gasteiger partial charge in [0.25, 0.3) is 0 Å². The Balaban J connectivity index is 2.01. The van der Waals surface area contributed by atoms with Gasteiger partial charge in [0.1, 0.15) is 5.82 Å². The number of nitrogens with zero attached hydrogens (tertiary/aromatic N) is 1. The molecule has 0 bridgehead atoms. The van der Waals surface area contributed by atoms with Gasteiger partial charge in [0, 0.05) is 19.6 Å². The minimum Gasteiger partial charge on any atom is -0.393 e. The van der Waals surface area contributed by atoms with Gasteiger partial charge >= 0.3 is 0 Å². The highest BCUT2D eigenvalue weighted by atomic mass is 19.1. The van der Waals surface area contributed by atoms with E-state index in [9.17, 15) is 9.50 Å². The standard InChI is InChI=1S/C16H25FN2O/c1-12(2)10-18-11-13-3-4-15(17)16(9-13)19-7-5-14(20)6-8-19/h3-4,9,12,14,18,20H,5-8,10-11H2,1-2H3. The molecule has 3 nitrogen and oxygen atoms in total. The van der Waals surface area contributed by atoms with Crippen LogP contribution in [0.2, 0.25) is 0 Å². The fourth-order valence-corrected chi connectivity index (χ4v) is 2.52. The third-order valence-electron chi connectivity index (χ3n) is 3.70. The summed E-state index contributed by atoms with van der Waals surface area (Å²) in [7, 11) is 0. The fraction of sp³-hybridized carbons (Fsp3) is 0.625. The van der Waals surface area contributed by atoms with E-state index in [0.717, 1.165) is 44.6 Å². The summed E-state index contributed by atoms with van der Waals surface area (Å²) in [4.78, 5) is 2.04. The Morgan fingerprint density at radius 3 is 2.70 bits per heavy atom. The molecular formula is C16H25FN2O. The van der Waals surface area contributed by atoms with Gasteiger partial charge in [-0.25, -0.2) is 4.39 Å². The van der Waals surface area contributed by atoms with Crippen LogP contribution in [-0.2, 0) is 6.54 Å².